The molecular weight excluding hydrogens is 379 g/mol. The first kappa shape index (κ1) is 18.5. The van der Waals surface area contributed by atoms with Gasteiger partial charge in [0.1, 0.15) is 17.4 Å². The maximum atomic E-state index is 13.4. The molecule has 7 heteroatoms. The van der Waals surface area contributed by atoms with Crippen LogP contribution in [0.5, 0.6) is 5.75 Å². The first-order valence-electron chi connectivity index (χ1n) is 9.06. The zero-order valence-corrected chi connectivity index (χ0v) is 16.2. The van der Waals surface area contributed by atoms with Crippen LogP contribution in [0.2, 0.25) is 5.02 Å². The van der Waals surface area contributed by atoms with Gasteiger partial charge in [0.2, 0.25) is 0 Å². The number of rotatable bonds is 4. The Hall–Kier alpha value is -2.86. The molecule has 1 aliphatic heterocycles. The van der Waals surface area contributed by atoms with Crippen LogP contribution in [-0.4, -0.2) is 43.3 Å². The lowest BCUT2D eigenvalue weighted by Crippen LogP contribution is -2.47. The molecule has 0 N–H and O–H groups in total. The maximum absolute atomic E-state index is 13.4. The molecule has 0 atom stereocenters. The van der Waals surface area contributed by atoms with Gasteiger partial charge in [0.15, 0.2) is 0 Å². The predicted molar refractivity (Wildman–Crippen MR) is 110 cm³/mol. The van der Waals surface area contributed by atoms with Crippen molar-refractivity contribution >= 4 is 23.1 Å². The van der Waals surface area contributed by atoms with Gasteiger partial charge in [-0.05, 0) is 30.3 Å². The van der Waals surface area contributed by atoms with Crippen LogP contribution in [0.4, 0.5) is 15.9 Å². The number of aromatic nitrogens is 2. The first-order valence-corrected chi connectivity index (χ1v) is 9.44. The fraction of sp³-hybridized carbons (Fsp3) is 0.238. The van der Waals surface area contributed by atoms with Crippen molar-refractivity contribution in [2.24, 2.45) is 0 Å². The molecule has 144 valence electrons. The number of ether oxygens (including phenoxy) is 1. The number of hydrogen-bond acceptors (Lipinski definition) is 5. The van der Waals surface area contributed by atoms with Gasteiger partial charge < -0.3 is 14.5 Å². The lowest BCUT2D eigenvalue weighted by atomic mass is 10.1. The summed E-state index contributed by atoms with van der Waals surface area (Å²) < 4.78 is 18.9. The van der Waals surface area contributed by atoms with Gasteiger partial charge in [0.25, 0.3) is 0 Å². The Morgan fingerprint density at radius 3 is 2.50 bits per heavy atom. The largest absolute Gasteiger partial charge is 0.495 e. The highest BCUT2D eigenvalue weighted by molar-refractivity contribution is 6.31. The molecule has 0 amide bonds. The van der Waals surface area contributed by atoms with Gasteiger partial charge in [0.05, 0.1) is 35.9 Å². The van der Waals surface area contributed by atoms with E-state index >= 15 is 0 Å². The second-order valence-electron chi connectivity index (χ2n) is 6.54. The number of piperazine rings is 1. The van der Waals surface area contributed by atoms with Crippen LogP contribution >= 0.6 is 11.6 Å². The van der Waals surface area contributed by atoms with E-state index in [0.29, 0.717) is 5.69 Å². The Bertz CT molecular complexity index is 976. The summed E-state index contributed by atoms with van der Waals surface area (Å²) in [5, 5.41) is 0.0788. The number of para-hydroxylation sites is 2. The summed E-state index contributed by atoms with van der Waals surface area (Å²) in [6.07, 6.45) is 3.42. The van der Waals surface area contributed by atoms with E-state index in [-0.39, 0.29) is 5.02 Å². The van der Waals surface area contributed by atoms with Gasteiger partial charge in [-0.25, -0.2) is 9.37 Å². The quantitative estimate of drug-likeness (QED) is 0.656. The minimum absolute atomic E-state index is 0.0788. The Balaban J connectivity index is 1.50. The zero-order chi connectivity index (χ0) is 19.5. The molecule has 2 heterocycles. The third-order valence-electron chi connectivity index (χ3n) is 4.87. The van der Waals surface area contributed by atoms with Crippen molar-refractivity contribution in [3.8, 4) is 17.0 Å². The SMILES string of the molecule is COc1ccccc1N1CCN(c2cncc(-c3ccc(F)c(Cl)c3)n2)CC1. The van der Waals surface area contributed by atoms with Crippen molar-refractivity contribution in [3.63, 3.8) is 0 Å². The lowest BCUT2D eigenvalue weighted by molar-refractivity contribution is 0.413. The van der Waals surface area contributed by atoms with Crippen molar-refractivity contribution < 1.29 is 9.13 Å². The van der Waals surface area contributed by atoms with Gasteiger partial charge in [0, 0.05) is 31.7 Å². The van der Waals surface area contributed by atoms with Crippen LogP contribution in [0.3, 0.4) is 0 Å². The van der Waals surface area contributed by atoms with E-state index < -0.39 is 5.82 Å². The van der Waals surface area contributed by atoms with E-state index in [2.05, 4.69) is 20.9 Å². The number of benzene rings is 2. The van der Waals surface area contributed by atoms with Gasteiger partial charge >= 0.3 is 0 Å². The first-order chi connectivity index (χ1) is 13.7. The van der Waals surface area contributed by atoms with Gasteiger partial charge in [-0.15, -0.1) is 0 Å². The van der Waals surface area contributed by atoms with Crippen molar-refractivity contribution in [2.75, 3.05) is 43.1 Å². The number of hydrogen-bond donors (Lipinski definition) is 0. The van der Waals surface area contributed by atoms with Crippen molar-refractivity contribution in [3.05, 3.63) is 65.7 Å². The topological polar surface area (TPSA) is 41.5 Å². The minimum Gasteiger partial charge on any atom is -0.495 e. The molecule has 0 spiro atoms. The van der Waals surface area contributed by atoms with E-state index in [0.717, 1.165) is 49.0 Å². The Labute approximate surface area is 168 Å². The number of methoxy groups -OCH3 is 1. The van der Waals surface area contributed by atoms with Gasteiger partial charge in [-0.2, -0.15) is 0 Å². The van der Waals surface area contributed by atoms with Crippen LogP contribution in [0.15, 0.2) is 54.9 Å². The van der Waals surface area contributed by atoms with Crippen molar-refractivity contribution in [2.45, 2.75) is 0 Å². The predicted octanol–water partition coefficient (Wildman–Crippen LogP) is 4.27. The van der Waals surface area contributed by atoms with Crippen LogP contribution in [-0.2, 0) is 0 Å². The minimum atomic E-state index is -0.443. The van der Waals surface area contributed by atoms with Crippen LogP contribution in [0, 0.1) is 5.82 Å². The van der Waals surface area contributed by atoms with E-state index in [9.17, 15) is 4.39 Å². The summed E-state index contributed by atoms with van der Waals surface area (Å²) >= 11 is 5.90. The lowest BCUT2D eigenvalue weighted by Gasteiger charge is -2.37. The molecule has 5 nitrogen and oxygen atoms in total. The van der Waals surface area contributed by atoms with Crippen LogP contribution in [0.25, 0.3) is 11.3 Å². The number of nitrogens with zero attached hydrogens (tertiary/aromatic N) is 4. The molecule has 1 aromatic heterocycles. The molecule has 0 aliphatic carbocycles. The van der Waals surface area contributed by atoms with Gasteiger partial charge in [-0.1, -0.05) is 23.7 Å². The summed E-state index contributed by atoms with van der Waals surface area (Å²) in [5.74, 6) is 1.24. The van der Waals surface area contributed by atoms with Crippen molar-refractivity contribution in [1.29, 1.82) is 0 Å². The number of anilines is 2. The zero-order valence-electron chi connectivity index (χ0n) is 15.5. The van der Waals surface area contributed by atoms with Crippen LogP contribution < -0.4 is 14.5 Å². The Kier molecular flexibility index (Phi) is 5.30. The second kappa shape index (κ2) is 8.02. The molecule has 1 saturated heterocycles. The molecule has 0 radical (unpaired) electrons. The molecule has 0 bridgehead atoms. The molecule has 4 rings (SSSR count). The summed E-state index contributed by atoms with van der Waals surface area (Å²) in [6.45, 7) is 3.35. The molecule has 0 unspecified atom stereocenters. The molecule has 1 aliphatic rings. The molecule has 0 saturated carbocycles. The van der Waals surface area contributed by atoms with E-state index in [1.54, 1.807) is 31.6 Å². The molecule has 3 aromatic rings. The smallest absolute Gasteiger partial charge is 0.147 e. The summed E-state index contributed by atoms with van der Waals surface area (Å²) in [7, 11) is 1.69. The summed E-state index contributed by atoms with van der Waals surface area (Å²) in [5.41, 5.74) is 2.52. The average Bonchev–Trinajstić information content (AvgIpc) is 2.76. The fourth-order valence-electron chi connectivity index (χ4n) is 3.37. The fourth-order valence-corrected chi connectivity index (χ4v) is 3.55. The summed E-state index contributed by atoms with van der Waals surface area (Å²) in [6, 6.07) is 12.6. The van der Waals surface area contributed by atoms with E-state index in [1.807, 2.05) is 18.2 Å². The molecule has 28 heavy (non-hydrogen) atoms. The van der Waals surface area contributed by atoms with Gasteiger partial charge in [-0.3, -0.25) is 4.98 Å². The highest BCUT2D eigenvalue weighted by Gasteiger charge is 2.21. The van der Waals surface area contributed by atoms with Crippen LogP contribution in [0.1, 0.15) is 0 Å². The third kappa shape index (κ3) is 3.73. The van der Waals surface area contributed by atoms with Crippen molar-refractivity contribution in [1.82, 2.24) is 9.97 Å². The highest BCUT2D eigenvalue weighted by atomic mass is 35.5. The molecule has 2 aromatic carbocycles. The third-order valence-corrected chi connectivity index (χ3v) is 5.16. The summed E-state index contributed by atoms with van der Waals surface area (Å²) in [4.78, 5) is 13.5. The second-order valence-corrected chi connectivity index (χ2v) is 6.94. The highest BCUT2D eigenvalue weighted by Crippen LogP contribution is 2.29. The Morgan fingerprint density at radius 1 is 1.00 bits per heavy atom. The molecular formula is C21H20ClFN4O. The molecule has 1 fully saturated rings. The van der Waals surface area contributed by atoms with E-state index in [4.69, 9.17) is 21.3 Å². The average molecular weight is 399 g/mol. The monoisotopic (exact) mass is 398 g/mol. The standard InChI is InChI=1S/C21H20ClFN4O/c1-28-20-5-3-2-4-19(20)26-8-10-27(11-9-26)21-14-24-13-18(25-21)15-6-7-17(23)16(22)12-15/h2-7,12-14H,8-11H2,1H3. The normalized spacial score (nSPS) is 14.2. The van der Waals surface area contributed by atoms with E-state index in [1.165, 1.54) is 6.07 Å². The number of halogens is 2. The Morgan fingerprint density at radius 2 is 1.75 bits per heavy atom. The maximum Gasteiger partial charge on any atom is 0.147 e.